The Labute approximate surface area is 366 Å². The van der Waals surface area contributed by atoms with Crippen LogP contribution in [0.5, 0.6) is 28.7 Å². The first-order valence-electron chi connectivity index (χ1n) is 22.2. The number of carbonyl (C=O) groups is 1. The van der Waals surface area contributed by atoms with E-state index in [0.29, 0.717) is 41.6 Å². The summed E-state index contributed by atoms with van der Waals surface area (Å²) >= 11 is 0. The molecule has 62 heavy (non-hydrogen) atoms. The summed E-state index contributed by atoms with van der Waals surface area (Å²) in [5, 5.41) is 24.9. The van der Waals surface area contributed by atoms with Gasteiger partial charge in [0.15, 0.2) is 11.5 Å². The maximum atomic E-state index is 14.6. The summed E-state index contributed by atoms with van der Waals surface area (Å²) in [6.07, 6.45) is 8.37. The van der Waals surface area contributed by atoms with E-state index in [1.807, 2.05) is 63.2 Å². The molecule has 1 saturated carbocycles. The zero-order valence-corrected chi connectivity index (χ0v) is 37.2. The SMILES string of the molecule is C=CCOC12Oc3ccc(Oc4ccc(C)c(C)c4)cc3C3C(CCCCO)C(CCCCO)C=C(C(=NOC(C)(C)C)CC1N(Cc1ccc4c(c1)OCO4)C(=O)OCC)C32. The fourth-order valence-electron chi connectivity index (χ4n) is 9.56. The van der Waals surface area contributed by atoms with E-state index >= 15 is 0 Å². The van der Waals surface area contributed by atoms with Crippen molar-refractivity contribution in [1.29, 1.82) is 0 Å². The minimum Gasteiger partial charge on any atom is -0.459 e. The van der Waals surface area contributed by atoms with Gasteiger partial charge in [-0.05, 0) is 144 Å². The summed E-state index contributed by atoms with van der Waals surface area (Å²) in [5.41, 5.74) is 5.13. The summed E-state index contributed by atoms with van der Waals surface area (Å²) in [4.78, 5) is 22.5. The van der Waals surface area contributed by atoms with Crippen molar-refractivity contribution in [1.82, 2.24) is 4.90 Å². The molecule has 0 spiro atoms. The van der Waals surface area contributed by atoms with Crippen LogP contribution in [-0.2, 0) is 20.9 Å². The van der Waals surface area contributed by atoms with Gasteiger partial charge in [-0.2, -0.15) is 0 Å². The van der Waals surface area contributed by atoms with Crippen molar-refractivity contribution in [2.75, 3.05) is 33.2 Å². The fourth-order valence-corrected chi connectivity index (χ4v) is 9.56. The van der Waals surface area contributed by atoms with Crippen LogP contribution in [0.15, 0.2) is 84.1 Å². The highest BCUT2D eigenvalue weighted by Gasteiger charge is 2.65. The molecule has 3 aromatic rings. The van der Waals surface area contributed by atoms with Crippen LogP contribution in [0.3, 0.4) is 0 Å². The van der Waals surface area contributed by atoms with Gasteiger partial charge in [0.05, 0.1) is 24.8 Å². The largest absolute Gasteiger partial charge is 0.459 e. The van der Waals surface area contributed by atoms with Crippen LogP contribution in [0.2, 0.25) is 0 Å². The number of ether oxygens (including phenoxy) is 6. The third-order valence-electron chi connectivity index (χ3n) is 12.5. The van der Waals surface area contributed by atoms with Gasteiger partial charge in [-0.25, -0.2) is 4.79 Å². The van der Waals surface area contributed by atoms with Gasteiger partial charge < -0.3 is 43.5 Å². The molecule has 2 aliphatic carbocycles. The molecule has 3 aromatic carbocycles. The lowest BCUT2D eigenvalue weighted by atomic mass is 9.55. The fraction of sp³-hybridized carbons (Fsp3) is 0.520. The molecule has 6 atom stereocenters. The standard InChI is InChI=1S/C50H64N2O10/c1-8-24-59-50-45(52(48(55)56-9-2)30-34-17-20-43-44(26-34)58-31-57-43)29-41(51-62-49(5,6)7)39-27-35(14-10-12-22-53)38(15-11-13-23-54)46(47(39)50)40-28-37(19-21-42(40)61-50)60-36-18-16-32(3)33(4)25-36/h8,16-21,25-28,35,38,45-47,53-54H,1,9-15,22-24,29-31H2,2-7H3. The summed E-state index contributed by atoms with van der Waals surface area (Å²) in [5.74, 6) is 1.25. The number of hydrogen-bond donors (Lipinski definition) is 2. The Morgan fingerprint density at radius 1 is 0.935 bits per heavy atom. The summed E-state index contributed by atoms with van der Waals surface area (Å²) in [6.45, 7) is 16.7. The van der Waals surface area contributed by atoms with Crippen LogP contribution in [0.4, 0.5) is 4.79 Å². The summed E-state index contributed by atoms with van der Waals surface area (Å²) < 4.78 is 38.4. The number of amides is 1. The monoisotopic (exact) mass is 852 g/mol. The normalized spacial score (nSPS) is 24.0. The van der Waals surface area contributed by atoms with Crippen LogP contribution >= 0.6 is 0 Å². The zero-order valence-electron chi connectivity index (χ0n) is 37.2. The highest BCUT2D eigenvalue weighted by molar-refractivity contribution is 6.03. The third-order valence-corrected chi connectivity index (χ3v) is 12.5. The first-order valence-corrected chi connectivity index (χ1v) is 22.2. The Morgan fingerprint density at radius 3 is 2.39 bits per heavy atom. The Bertz CT molecular complexity index is 2130. The minimum absolute atomic E-state index is 0.0497. The van der Waals surface area contributed by atoms with Crippen LogP contribution < -0.4 is 18.9 Å². The smallest absolute Gasteiger partial charge is 0.410 e. The van der Waals surface area contributed by atoms with Gasteiger partial charge in [0, 0.05) is 37.7 Å². The molecule has 0 radical (unpaired) electrons. The number of hydrogen-bond acceptors (Lipinski definition) is 11. The van der Waals surface area contributed by atoms with Gasteiger partial charge in [-0.1, -0.05) is 42.3 Å². The highest BCUT2D eigenvalue weighted by atomic mass is 16.7. The minimum atomic E-state index is -1.46. The van der Waals surface area contributed by atoms with Crippen molar-refractivity contribution in [3.05, 3.63) is 101 Å². The molecule has 6 unspecified atom stereocenters. The second-order valence-electron chi connectivity index (χ2n) is 17.8. The quantitative estimate of drug-likeness (QED) is 0.0723. The lowest BCUT2D eigenvalue weighted by Gasteiger charge is -2.60. The molecule has 4 aliphatic rings. The molecule has 7 rings (SSSR count). The maximum absolute atomic E-state index is 14.6. The van der Waals surface area contributed by atoms with Gasteiger partial charge in [0.1, 0.15) is 28.9 Å². The van der Waals surface area contributed by atoms with E-state index in [1.165, 1.54) is 5.56 Å². The maximum Gasteiger partial charge on any atom is 0.410 e. The lowest BCUT2D eigenvalue weighted by molar-refractivity contribution is -0.256. The van der Waals surface area contributed by atoms with Gasteiger partial charge in [0.2, 0.25) is 12.6 Å². The molecule has 0 aromatic heterocycles. The molecule has 2 N–H and O–H groups in total. The third kappa shape index (κ3) is 9.62. The highest BCUT2D eigenvalue weighted by Crippen LogP contribution is 2.62. The predicted molar refractivity (Wildman–Crippen MR) is 237 cm³/mol. The molecule has 12 heteroatoms. The van der Waals surface area contributed by atoms with Gasteiger partial charge in [-0.15, -0.1) is 6.58 Å². The van der Waals surface area contributed by atoms with Crippen molar-refractivity contribution in [3.8, 4) is 28.7 Å². The van der Waals surface area contributed by atoms with Gasteiger partial charge >= 0.3 is 6.09 Å². The van der Waals surface area contributed by atoms with Crippen molar-refractivity contribution in [3.63, 3.8) is 0 Å². The molecule has 1 fully saturated rings. The Morgan fingerprint density at radius 2 is 1.66 bits per heavy atom. The number of allylic oxidation sites excluding steroid dienone is 1. The van der Waals surface area contributed by atoms with E-state index in [1.54, 1.807) is 17.9 Å². The Hall–Kier alpha value is -5.04. The first-order chi connectivity index (χ1) is 29.9. The topological polar surface area (TPSA) is 138 Å². The number of fused-ring (bicyclic) bond motifs is 3. The lowest BCUT2D eigenvalue weighted by Crippen LogP contribution is -2.70. The number of aliphatic hydroxyl groups is 2. The van der Waals surface area contributed by atoms with Crippen molar-refractivity contribution in [2.45, 2.75) is 116 Å². The van der Waals surface area contributed by atoms with Crippen molar-refractivity contribution < 1.29 is 48.3 Å². The molecule has 2 aliphatic heterocycles. The number of unbranched alkanes of at least 4 members (excludes halogenated alkanes) is 2. The summed E-state index contributed by atoms with van der Waals surface area (Å²) in [6, 6.07) is 17.0. The number of nitrogens with zero attached hydrogens (tertiary/aromatic N) is 2. The Kier molecular flexibility index (Phi) is 14.2. The number of carbonyl (C=O) groups excluding carboxylic acids is 1. The first kappa shape index (κ1) is 45.0. The van der Waals surface area contributed by atoms with Crippen molar-refractivity contribution >= 4 is 11.8 Å². The molecule has 1 amide bonds. The van der Waals surface area contributed by atoms with Crippen LogP contribution in [0.1, 0.15) is 101 Å². The molecule has 12 nitrogen and oxygen atoms in total. The molecule has 334 valence electrons. The second kappa shape index (κ2) is 19.6. The number of benzene rings is 3. The van der Waals surface area contributed by atoms with E-state index in [-0.39, 0.29) is 63.9 Å². The number of rotatable bonds is 18. The average Bonchev–Trinajstić information content (AvgIpc) is 3.72. The molecular formula is C50H64N2O10. The molecule has 0 bridgehead atoms. The van der Waals surface area contributed by atoms with Crippen molar-refractivity contribution in [2.24, 2.45) is 22.9 Å². The van der Waals surface area contributed by atoms with Crippen LogP contribution in [0.25, 0.3) is 0 Å². The predicted octanol–water partition coefficient (Wildman–Crippen LogP) is 9.92. The second-order valence-corrected chi connectivity index (χ2v) is 17.8. The number of aryl methyl sites for hydroxylation is 2. The molecule has 0 saturated heterocycles. The van der Waals surface area contributed by atoms with E-state index < -0.39 is 29.4 Å². The Balaban J connectivity index is 1.46. The van der Waals surface area contributed by atoms with Crippen LogP contribution in [-0.4, -0.2) is 77.6 Å². The van der Waals surface area contributed by atoms with E-state index in [4.69, 9.17) is 38.4 Å². The molecular weight excluding hydrogens is 789 g/mol. The van der Waals surface area contributed by atoms with E-state index in [9.17, 15) is 15.0 Å². The number of oxime groups is 1. The van der Waals surface area contributed by atoms with E-state index in [2.05, 4.69) is 38.6 Å². The van der Waals surface area contributed by atoms with Gasteiger partial charge in [0.25, 0.3) is 0 Å². The zero-order chi connectivity index (χ0) is 44.0. The molecule has 2 heterocycles. The number of aliphatic hydroxyl groups excluding tert-OH is 2. The van der Waals surface area contributed by atoms with E-state index in [0.717, 1.165) is 53.7 Å². The van der Waals surface area contributed by atoms with Crippen LogP contribution in [0, 0.1) is 31.6 Å². The average molecular weight is 853 g/mol. The van der Waals surface area contributed by atoms with Gasteiger partial charge in [-0.3, -0.25) is 4.90 Å². The summed E-state index contributed by atoms with van der Waals surface area (Å²) in [7, 11) is 0.